The summed E-state index contributed by atoms with van der Waals surface area (Å²) in [5, 5.41) is 3.65. The fourth-order valence-corrected chi connectivity index (χ4v) is 4.34. The van der Waals surface area contributed by atoms with E-state index in [0.29, 0.717) is 0 Å². The van der Waals surface area contributed by atoms with Gasteiger partial charge in [0.25, 0.3) is 0 Å². The van der Waals surface area contributed by atoms with Crippen LogP contribution in [0.5, 0.6) is 0 Å². The predicted octanol–water partition coefficient (Wildman–Crippen LogP) is 4.80. The first-order valence-electron chi connectivity index (χ1n) is 9.45. The molecule has 1 aliphatic rings. The summed E-state index contributed by atoms with van der Waals surface area (Å²) in [6, 6.07) is 12.3. The van der Waals surface area contributed by atoms with Gasteiger partial charge in [0.2, 0.25) is 0 Å². The van der Waals surface area contributed by atoms with Gasteiger partial charge in [0.1, 0.15) is 0 Å². The summed E-state index contributed by atoms with van der Waals surface area (Å²) in [6.45, 7) is 8.21. The first kappa shape index (κ1) is 18.8. The molecule has 0 aliphatic heterocycles. The minimum Gasteiger partial charge on any atom is -0.315 e. The Hall–Kier alpha value is -0.510. The Morgan fingerprint density at radius 3 is 2.61 bits per heavy atom. The fraction of sp³-hybridized carbons (Fsp3) is 0.700. The molecule has 1 aliphatic carbocycles. The molecule has 0 radical (unpaired) electrons. The summed E-state index contributed by atoms with van der Waals surface area (Å²) in [4.78, 5) is 4.15. The molecule has 0 aromatic heterocycles. The largest absolute Gasteiger partial charge is 0.315 e. The topological polar surface area (TPSA) is 15.3 Å². The molecule has 0 amide bonds. The van der Waals surface area contributed by atoms with E-state index in [1.807, 2.05) is 11.8 Å². The Morgan fingerprint density at radius 2 is 1.91 bits per heavy atom. The smallest absolute Gasteiger partial charge is 0.0113 e. The molecule has 1 unspecified atom stereocenters. The molecule has 1 aromatic carbocycles. The van der Waals surface area contributed by atoms with Crippen LogP contribution in [0.15, 0.2) is 35.2 Å². The van der Waals surface area contributed by atoms with Crippen molar-refractivity contribution < 1.29 is 0 Å². The van der Waals surface area contributed by atoms with Crippen LogP contribution in [0.4, 0.5) is 0 Å². The molecule has 1 fully saturated rings. The number of hydrogen-bond donors (Lipinski definition) is 1. The highest BCUT2D eigenvalue weighted by Crippen LogP contribution is 2.25. The number of rotatable bonds is 11. The highest BCUT2D eigenvalue weighted by molar-refractivity contribution is 7.99. The van der Waals surface area contributed by atoms with E-state index in [-0.39, 0.29) is 0 Å². The molecule has 1 saturated carbocycles. The highest BCUT2D eigenvalue weighted by atomic mass is 32.2. The van der Waals surface area contributed by atoms with Gasteiger partial charge in [-0.1, -0.05) is 38.0 Å². The van der Waals surface area contributed by atoms with Crippen LogP contribution in [0.1, 0.15) is 52.4 Å². The molecule has 0 heterocycles. The lowest BCUT2D eigenvalue weighted by atomic mass is 10.1. The summed E-state index contributed by atoms with van der Waals surface area (Å²) in [5.41, 5.74) is 0. The van der Waals surface area contributed by atoms with Crippen LogP contribution >= 0.6 is 11.8 Å². The molecule has 2 rings (SSSR count). The third-order valence-electron chi connectivity index (χ3n) is 5.01. The van der Waals surface area contributed by atoms with Crippen molar-refractivity contribution in [3.05, 3.63) is 30.3 Å². The first-order valence-corrected chi connectivity index (χ1v) is 10.4. The Labute approximate surface area is 147 Å². The zero-order valence-corrected chi connectivity index (χ0v) is 15.8. The van der Waals surface area contributed by atoms with Crippen LogP contribution in [0.25, 0.3) is 0 Å². The van der Waals surface area contributed by atoms with Gasteiger partial charge in [-0.2, -0.15) is 0 Å². The summed E-state index contributed by atoms with van der Waals surface area (Å²) in [6.07, 6.45) is 8.20. The molecule has 3 heteroatoms. The average molecular weight is 335 g/mol. The van der Waals surface area contributed by atoms with Crippen molar-refractivity contribution in [2.75, 3.05) is 25.4 Å². The van der Waals surface area contributed by atoms with E-state index in [1.165, 1.54) is 55.7 Å². The third-order valence-corrected chi connectivity index (χ3v) is 6.11. The first-order chi connectivity index (χ1) is 11.3. The van der Waals surface area contributed by atoms with E-state index in [0.717, 1.165) is 25.2 Å². The van der Waals surface area contributed by atoms with Gasteiger partial charge < -0.3 is 5.32 Å². The van der Waals surface area contributed by atoms with Crippen molar-refractivity contribution in [2.24, 2.45) is 0 Å². The third kappa shape index (κ3) is 6.86. The van der Waals surface area contributed by atoms with Crippen LogP contribution in [0.3, 0.4) is 0 Å². The predicted molar refractivity (Wildman–Crippen MR) is 103 cm³/mol. The second kappa shape index (κ2) is 11.1. The zero-order valence-electron chi connectivity index (χ0n) is 15.0. The maximum Gasteiger partial charge on any atom is 0.0113 e. The lowest BCUT2D eigenvalue weighted by Gasteiger charge is -2.34. The molecular weight excluding hydrogens is 300 g/mol. The number of nitrogens with zero attached hydrogens (tertiary/aromatic N) is 1. The van der Waals surface area contributed by atoms with Gasteiger partial charge in [0, 0.05) is 30.1 Å². The Morgan fingerprint density at radius 1 is 1.17 bits per heavy atom. The van der Waals surface area contributed by atoms with Gasteiger partial charge in [-0.25, -0.2) is 0 Å². The number of thioether (sulfide) groups is 1. The maximum atomic E-state index is 3.65. The summed E-state index contributed by atoms with van der Waals surface area (Å²) in [7, 11) is 0. The molecule has 0 saturated heterocycles. The second-order valence-corrected chi connectivity index (χ2v) is 7.87. The van der Waals surface area contributed by atoms with Crippen LogP contribution in [0, 0.1) is 0 Å². The Bertz CT molecular complexity index is 403. The summed E-state index contributed by atoms with van der Waals surface area (Å²) in [5.74, 6) is 1.20. The number of hydrogen-bond acceptors (Lipinski definition) is 3. The fourth-order valence-electron chi connectivity index (χ4n) is 3.47. The van der Waals surface area contributed by atoms with E-state index in [9.17, 15) is 0 Å². The van der Waals surface area contributed by atoms with Crippen LogP contribution in [-0.4, -0.2) is 42.4 Å². The molecule has 1 atom stereocenters. The molecule has 2 nitrogen and oxygen atoms in total. The number of nitrogens with one attached hydrogen (secondary N) is 1. The van der Waals surface area contributed by atoms with E-state index in [4.69, 9.17) is 0 Å². The Kier molecular flexibility index (Phi) is 9.10. The maximum absolute atomic E-state index is 3.65. The lowest BCUT2D eigenvalue weighted by Crippen LogP contribution is -2.44. The van der Waals surface area contributed by atoms with E-state index in [1.54, 1.807) is 0 Å². The van der Waals surface area contributed by atoms with E-state index in [2.05, 4.69) is 54.4 Å². The zero-order chi connectivity index (χ0) is 16.3. The monoisotopic (exact) mass is 334 g/mol. The van der Waals surface area contributed by atoms with Gasteiger partial charge in [0.05, 0.1) is 0 Å². The van der Waals surface area contributed by atoms with E-state index < -0.39 is 0 Å². The minimum absolute atomic E-state index is 0.730. The second-order valence-electron chi connectivity index (χ2n) is 6.70. The molecular formula is C20H34N2S. The van der Waals surface area contributed by atoms with E-state index >= 15 is 0 Å². The van der Waals surface area contributed by atoms with Crippen LogP contribution < -0.4 is 5.32 Å². The summed E-state index contributed by atoms with van der Waals surface area (Å²) < 4.78 is 0. The van der Waals surface area contributed by atoms with Crippen LogP contribution in [0.2, 0.25) is 0 Å². The molecule has 0 bridgehead atoms. The quantitative estimate of drug-likeness (QED) is 0.462. The lowest BCUT2D eigenvalue weighted by molar-refractivity contribution is 0.142. The molecule has 1 N–H and O–H groups in total. The highest BCUT2D eigenvalue weighted by Gasteiger charge is 2.24. The van der Waals surface area contributed by atoms with Crippen LogP contribution in [-0.2, 0) is 0 Å². The molecule has 0 spiro atoms. The summed E-state index contributed by atoms with van der Waals surface area (Å²) >= 11 is 1.96. The Balaban J connectivity index is 1.56. The van der Waals surface area contributed by atoms with Crippen molar-refractivity contribution in [1.29, 1.82) is 0 Å². The van der Waals surface area contributed by atoms with Gasteiger partial charge in [-0.05, 0) is 57.0 Å². The van der Waals surface area contributed by atoms with Gasteiger partial charge in [-0.3, -0.25) is 4.90 Å². The van der Waals surface area contributed by atoms with Gasteiger partial charge in [0.15, 0.2) is 0 Å². The molecule has 1 aromatic rings. The van der Waals surface area contributed by atoms with Gasteiger partial charge in [-0.15, -0.1) is 11.8 Å². The molecule has 23 heavy (non-hydrogen) atoms. The molecule has 130 valence electrons. The van der Waals surface area contributed by atoms with Crippen molar-refractivity contribution in [1.82, 2.24) is 10.2 Å². The SMILES string of the molecule is CCC(C)N(CCNCCCSc1ccccc1)C1CCCC1. The normalized spacial score (nSPS) is 17.0. The number of benzene rings is 1. The van der Waals surface area contributed by atoms with Crippen molar-refractivity contribution in [3.8, 4) is 0 Å². The minimum atomic E-state index is 0.730. The van der Waals surface area contributed by atoms with Gasteiger partial charge >= 0.3 is 0 Å². The van der Waals surface area contributed by atoms with Crippen molar-refractivity contribution >= 4 is 11.8 Å². The average Bonchev–Trinajstić information content (AvgIpc) is 3.12. The van der Waals surface area contributed by atoms with Crippen molar-refractivity contribution in [3.63, 3.8) is 0 Å². The standard InChI is InChI=1S/C20H34N2S/c1-3-18(2)22(19-10-7-8-11-19)16-15-21-14-9-17-23-20-12-5-4-6-13-20/h4-6,12-13,18-19,21H,3,7-11,14-17H2,1-2H3. The van der Waals surface area contributed by atoms with Crippen molar-refractivity contribution in [2.45, 2.75) is 69.4 Å².